The third kappa shape index (κ3) is 4.01. The number of hydrogen-bond donors (Lipinski definition) is 2. The van der Waals surface area contributed by atoms with Crippen molar-refractivity contribution in [3.8, 4) is 11.4 Å². The molecule has 2 N–H and O–H groups in total. The molecule has 1 fully saturated rings. The summed E-state index contributed by atoms with van der Waals surface area (Å²) in [5.41, 5.74) is 1.83. The molecule has 0 spiro atoms. The SMILES string of the molecule is CN1CCN(CCCNC(=O)c2nc(-c3cccc4[nH]ccc34)no2)CC1. The van der Waals surface area contributed by atoms with Crippen molar-refractivity contribution in [1.29, 1.82) is 0 Å². The first-order valence-electron chi connectivity index (χ1n) is 9.30. The lowest BCUT2D eigenvalue weighted by atomic mass is 10.1. The van der Waals surface area contributed by atoms with Crippen LogP contribution in [0.2, 0.25) is 0 Å². The number of H-pyrrole nitrogens is 1. The van der Waals surface area contributed by atoms with E-state index in [1.165, 1.54) is 0 Å². The van der Waals surface area contributed by atoms with Gasteiger partial charge in [0.1, 0.15) is 0 Å². The monoisotopic (exact) mass is 368 g/mol. The van der Waals surface area contributed by atoms with Gasteiger partial charge < -0.3 is 24.6 Å². The first-order valence-corrected chi connectivity index (χ1v) is 9.30. The number of fused-ring (bicyclic) bond motifs is 1. The van der Waals surface area contributed by atoms with E-state index in [-0.39, 0.29) is 11.8 Å². The molecule has 1 aliphatic rings. The molecule has 0 aliphatic carbocycles. The van der Waals surface area contributed by atoms with Crippen LogP contribution in [-0.4, -0.2) is 77.1 Å². The van der Waals surface area contributed by atoms with E-state index in [1.54, 1.807) is 0 Å². The quantitative estimate of drug-likeness (QED) is 0.642. The molecule has 142 valence electrons. The molecule has 8 heteroatoms. The lowest BCUT2D eigenvalue weighted by Gasteiger charge is -2.32. The number of aromatic nitrogens is 3. The number of likely N-dealkylation sites (N-methyl/N-ethyl adjacent to an activating group) is 1. The van der Waals surface area contributed by atoms with Gasteiger partial charge in [-0.25, -0.2) is 0 Å². The second-order valence-corrected chi connectivity index (χ2v) is 6.92. The van der Waals surface area contributed by atoms with Crippen LogP contribution in [0.4, 0.5) is 0 Å². The molecule has 2 aromatic heterocycles. The van der Waals surface area contributed by atoms with E-state index in [2.05, 4.69) is 37.3 Å². The minimum absolute atomic E-state index is 0.00265. The highest BCUT2D eigenvalue weighted by atomic mass is 16.5. The number of nitrogens with one attached hydrogen (secondary N) is 2. The minimum Gasteiger partial charge on any atom is -0.361 e. The maximum absolute atomic E-state index is 12.3. The Morgan fingerprint density at radius 1 is 1.26 bits per heavy atom. The molecule has 1 aliphatic heterocycles. The molecule has 0 atom stereocenters. The average Bonchev–Trinajstić information content (AvgIpc) is 3.35. The number of aromatic amines is 1. The number of amides is 1. The molecular weight excluding hydrogens is 344 g/mol. The molecule has 1 amide bonds. The maximum atomic E-state index is 12.3. The van der Waals surface area contributed by atoms with Crippen LogP contribution in [-0.2, 0) is 0 Å². The molecule has 0 radical (unpaired) electrons. The number of rotatable bonds is 6. The summed E-state index contributed by atoms with van der Waals surface area (Å²) in [5.74, 6) is 0.0910. The van der Waals surface area contributed by atoms with Crippen LogP contribution in [0, 0.1) is 0 Å². The summed E-state index contributed by atoms with van der Waals surface area (Å²) >= 11 is 0. The van der Waals surface area contributed by atoms with Gasteiger partial charge in [-0.1, -0.05) is 17.3 Å². The molecule has 3 heterocycles. The Morgan fingerprint density at radius 3 is 2.96 bits per heavy atom. The second-order valence-electron chi connectivity index (χ2n) is 6.92. The summed E-state index contributed by atoms with van der Waals surface area (Å²) in [4.78, 5) is 24.4. The lowest BCUT2D eigenvalue weighted by Crippen LogP contribution is -2.45. The van der Waals surface area contributed by atoms with Crippen LogP contribution in [0.15, 0.2) is 35.0 Å². The Hall–Kier alpha value is -2.71. The van der Waals surface area contributed by atoms with Gasteiger partial charge in [0.15, 0.2) is 0 Å². The molecule has 0 bridgehead atoms. The first-order chi connectivity index (χ1) is 13.2. The summed E-state index contributed by atoms with van der Waals surface area (Å²) in [6.45, 7) is 5.95. The summed E-state index contributed by atoms with van der Waals surface area (Å²) in [6.07, 6.45) is 2.77. The number of benzene rings is 1. The van der Waals surface area contributed by atoms with Gasteiger partial charge >= 0.3 is 11.8 Å². The van der Waals surface area contributed by atoms with Crippen LogP contribution < -0.4 is 5.32 Å². The fraction of sp³-hybridized carbons (Fsp3) is 0.421. The van der Waals surface area contributed by atoms with Crippen molar-refractivity contribution < 1.29 is 9.32 Å². The average molecular weight is 368 g/mol. The van der Waals surface area contributed by atoms with Crippen LogP contribution in [0.25, 0.3) is 22.3 Å². The number of carbonyl (C=O) groups is 1. The maximum Gasteiger partial charge on any atom is 0.316 e. The molecule has 0 saturated carbocycles. The van der Waals surface area contributed by atoms with E-state index in [1.807, 2.05) is 30.5 Å². The topological polar surface area (TPSA) is 90.3 Å². The number of hydrogen-bond acceptors (Lipinski definition) is 6. The predicted molar refractivity (Wildman–Crippen MR) is 102 cm³/mol. The van der Waals surface area contributed by atoms with Gasteiger partial charge in [-0.15, -0.1) is 0 Å². The number of carbonyl (C=O) groups excluding carboxylic acids is 1. The Balaban J connectivity index is 1.31. The van der Waals surface area contributed by atoms with E-state index in [0.717, 1.165) is 55.6 Å². The van der Waals surface area contributed by atoms with Gasteiger partial charge in [-0.2, -0.15) is 4.98 Å². The molecular formula is C19H24N6O2. The van der Waals surface area contributed by atoms with Crippen LogP contribution in [0.5, 0.6) is 0 Å². The van der Waals surface area contributed by atoms with E-state index in [9.17, 15) is 4.79 Å². The van der Waals surface area contributed by atoms with Crippen LogP contribution in [0.3, 0.4) is 0 Å². The van der Waals surface area contributed by atoms with Crippen LogP contribution in [0.1, 0.15) is 17.1 Å². The summed E-state index contributed by atoms with van der Waals surface area (Å²) in [7, 11) is 2.15. The van der Waals surface area contributed by atoms with Gasteiger partial charge in [-0.05, 0) is 32.1 Å². The van der Waals surface area contributed by atoms with Crippen molar-refractivity contribution in [2.45, 2.75) is 6.42 Å². The lowest BCUT2D eigenvalue weighted by molar-refractivity contribution is 0.0906. The van der Waals surface area contributed by atoms with Crippen molar-refractivity contribution in [2.24, 2.45) is 0 Å². The zero-order chi connectivity index (χ0) is 18.6. The van der Waals surface area contributed by atoms with Crippen molar-refractivity contribution in [2.75, 3.05) is 46.3 Å². The fourth-order valence-corrected chi connectivity index (χ4v) is 3.36. The standard InChI is InChI=1S/C19H24N6O2/c1-24-10-12-25(13-11-24)9-3-7-21-18(26)19-22-17(23-27-19)15-4-2-5-16-14(15)6-8-20-16/h2,4-6,8,20H,3,7,9-13H2,1H3,(H,21,26). The van der Waals surface area contributed by atoms with Gasteiger partial charge in [0.2, 0.25) is 5.82 Å². The van der Waals surface area contributed by atoms with Gasteiger partial charge in [-0.3, -0.25) is 4.79 Å². The fourth-order valence-electron chi connectivity index (χ4n) is 3.36. The summed E-state index contributed by atoms with van der Waals surface area (Å²) in [5, 5.41) is 7.84. The Kier molecular flexibility index (Phi) is 5.17. The van der Waals surface area contributed by atoms with Crippen molar-refractivity contribution in [1.82, 2.24) is 30.2 Å². The normalized spacial score (nSPS) is 16.0. The molecule has 3 aromatic rings. The third-order valence-corrected chi connectivity index (χ3v) is 4.99. The van der Waals surface area contributed by atoms with E-state index in [0.29, 0.717) is 12.4 Å². The van der Waals surface area contributed by atoms with E-state index in [4.69, 9.17) is 4.52 Å². The Morgan fingerprint density at radius 2 is 2.11 bits per heavy atom. The highest BCUT2D eigenvalue weighted by Gasteiger charge is 2.18. The van der Waals surface area contributed by atoms with Gasteiger partial charge in [0, 0.05) is 55.4 Å². The molecule has 1 aromatic carbocycles. The Labute approximate surface area is 157 Å². The highest BCUT2D eigenvalue weighted by Crippen LogP contribution is 2.25. The minimum atomic E-state index is -0.326. The largest absolute Gasteiger partial charge is 0.361 e. The van der Waals surface area contributed by atoms with Crippen molar-refractivity contribution in [3.63, 3.8) is 0 Å². The molecule has 1 saturated heterocycles. The van der Waals surface area contributed by atoms with Crippen molar-refractivity contribution in [3.05, 3.63) is 36.4 Å². The summed E-state index contributed by atoms with van der Waals surface area (Å²) < 4.78 is 5.17. The second kappa shape index (κ2) is 7.89. The molecule has 0 unspecified atom stereocenters. The van der Waals surface area contributed by atoms with Crippen LogP contribution >= 0.6 is 0 Å². The number of nitrogens with zero attached hydrogens (tertiary/aromatic N) is 4. The van der Waals surface area contributed by atoms with Gasteiger partial charge in [0.05, 0.1) is 0 Å². The predicted octanol–water partition coefficient (Wildman–Crippen LogP) is 1.59. The van der Waals surface area contributed by atoms with Crippen molar-refractivity contribution >= 4 is 16.8 Å². The molecule has 8 nitrogen and oxygen atoms in total. The summed E-state index contributed by atoms with van der Waals surface area (Å²) in [6, 6.07) is 7.77. The zero-order valence-corrected chi connectivity index (χ0v) is 15.4. The van der Waals surface area contributed by atoms with E-state index < -0.39 is 0 Å². The molecule has 27 heavy (non-hydrogen) atoms. The zero-order valence-electron chi connectivity index (χ0n) is 15.4. The first kappa shape index (κ1) is 17.7. The highest BCUT2D eigenvalue weighted by molar-refractivity contribution is 5.94. The van der Waals surface area contributed by atoms with E-state index >= 15 is 0 Å². The Bertz CT molecular complexity index is 910. The third-order valence-electron chi connectivity index (χ3n) is 4.99. The number of piperazine rings is 1. The van der Waals surface area contributed by atoms with Gasteiger partial charge in [0.25, 0.3) is 0 Å². The smallest absolute Gasteiger partial charge is 0.316 e. The molecule has 4 rings (SSSR count).